The largest absolute Gasteiger partial charge is 0.388 e. The Morgan fingerprint density at radius 2 is 2.14 bits per heavy atom. The topological polar surface area (TPSA) is 76.4 Å². The van der Waals surface area contributed by atoms with Crippen LogP contribution in [0.15, 0.2) is 18.5 Å². The first kappa shape index (κ1) is 20.5. The normalized spacial score (nSPS) is 23.4. The van der Waals surface area contributed by atoms with Crippen LogP contribution in [-0.2, 0) is 11.3 Å². The molecule has 1 atom stereocenters. The number of rotatable bonds is 5. The third kappa shape index (κ3) is 4.39. The number of nitrogens with one attached hydrogen (secondary N) is 1. The van der Waals surface area contributed by atoms with Gasteiger partial charge in [0, 0.05) is 50.8 Å². The van der Waals surface area contributed by atoms with E-state index in [4.69, 9.17) is 16.3 Å². The highest BCUT2D eigenvalue weighted by atomic mass is 35.5. The summed E-state index contributed by atoms with van der Waals surface area (Å²) in [6.45, 7) is 1.97. The number of fused-ring (bicyclic) bond motifs is 1. The molecule has 6 nitrogen and oxygen atoms in total. The van der Waals surface area contributed by atoms with Gasteiger partial charge >= 0.3 is 0 Å². The minimum atomic E-state index is -2.74. The first-order chi connectivity index (χ1) is 13.8. The number of amides is 1. The third-order valence-corrected chi connectivity index (χ3v) is 6.24. The molecule has 4 rings (SSSR count). The summed E-state index contributed by atoms with van der Waals surface area (Å²) >= 11 is 6.35. The van der Waals surface area contributed by atoms with E-state index >= 15 is 0 Å². The smallest absolute Gasteiger partial charge is 0.253 e. The van der Waals surface area contributed by atoms with Gasteiger partial charge in [0.2, 0.25) is 5.92 Å². The first-order valence-electron chi connectivity index (χ1n) is 9.86. The molecular formula is C20H24ClF2N3O3. The number of pyridine rings is 1. The van der Waals surface area contributed by atoms with Gasteiger partial charge in [-0.25, -0.2) is 13.8 Å². The maximum absolute atomic E-state index is 13.4. The molecule has 0 radical (unpaired) electrons. The number of aliphatic hydroxyl groups is 1. The van der Waals surface area contributed by atoms with E-state index in [9.17, 15) is 18.7 Å². The Labute approximate surface area is 172 Å². The molecule has 3 heterocycles. The number of alkyl halides is 2. The molecule has 29 heavy (non-hydrogen) atoms. The van der Waals surface area contributed by atoms with E-state index in [1.807, 2.05) is 4.57 Å². The summed E-state index contributed by atoms with van der Waals surface area (Å²) < 4.78 is 34.1. The number of hydrogen-bond acceptors (Lipinski definition) is 4. The van der Waals surface area contributed by atoms with Crippen LogP contribution < -0.4 is 5.32 Å². The van der Waals surface area contributed by atoms with Crippen molar-refractivity contribution < 1.29 is 23.4 Å². The second-order valence-corrected chi connectivity index (χ2v) is 8.59. The van der Waals surface area contributed by atoms with Crippen molar-refractivity contribution in [2.75, 3.05) is 19.8 Å². The third-order valence-electron chi connectivity index (χ3n) is 5.92. The minimum Gasteiger partial charge on any atom is -0.388 e. The van der Waals surface area contributed by atoms with Gasteiger partial charge in [0.1, 0.15) is 5.65 Å². The molecule has 0 unspecified atom stereocenters. The Hall–Kier alpha value is -1.77. The fourth-order valence-corrected chi connectivity index (χ4v) is 4.33. The van der Waals surface area contributed by atoms with Crippen LogP contribution in [0.25, 0.3) is 11.0 Å². The Morgan fingerprint density at radius 3 is 2.83 bits per heavy atom. The summed E-state index contributed by atoms with van der Waals surface area (Å²) in [5.74, 6) is -2.81. The Morgan fingerprint density at radius 1 is 1.38 bits per heavy atom. The minimum absolute atomic E-state index is 0.0496. The number of hydrogen-bond donors (Lipinski definition) is 2. The Kier molecular flexibility index (Phi) is 5.52. The van der Waals surface area contributed by atoms with Crippen molar-refractivity contribution >= 4 is 28.5 Å². The van der Waals surface area contributed by atoms with Crippen LogP contribution in [0.5, 0.6) is 0 Å². The summed E-state index contributed by atoms with van der Waals surface area (Å²) in [5, 5.41) is 14.2. The lowest BCUT2D eigenvalue weighted by Gasteiger charge is -2.35. The quantitative estimate of drug-likeness (QED) is 0.766. The highest BCUT2D eigenvalue weighted by Gasteiger charge is 2.42. The highest BCUT2D eigenvalue weighted by Crippen LogP contribution is 2.38. The first-order valence-corrected chi connectivity index (χ1v) is 10.2. The molecular weight excluding hydrogens is 404 g/mol. The summed E-state index contributed by atoms with van der Waals surface area (Å²) in [4.78, 5) is 17.3. The summed E-state index contributed by atoms with van der Waals surface area (Å²) in [5.41, 5.74) is -0.341. The van der Waals surface area contributed by atoms with Gasteiger partial charge in [-0.15, -0.1) is 0 Å². The van der Waals surface area contributed by atoms with Crippen LogP contribution in [0.4, 0.5) is 8.78 Å². The zero-order valence-electron chi connectivity index (χ0n) is 16.0. The summed E-state index contributed by atoms with van der Waals surface area (Å²) in [7, 11) is 0. The highest BCUT2D eigenvalue weighted by molar-refractivity contribution is 6.36. The summed E-state index contributed by atoms with van der Waals surface area (Å²) in [6, 6.07) is 1.63. The van der Waals surface area contributed by atoms with Crippen molar-refractivity contribution in [3.8, 4) is 0 Å². The zero-order chi connectivity index (χ0) is 20.6. The van der Waals surface area contributed by atoms with E-state index in [1.54, 1.807) is 18.5 Å². The Balaban J connectivity index is 1.52. The zero-order valence-corrected chi connectivity index (χ0v) is 16.7. The van der Waals surface area contributed by atoms with Gasteiger partial charge in [0.25, 0.3) is 5.91 Å². The molecule has 2 N–H and O–H groups in total. The van der Waals surface area contributed by atoms with Crippen LogP contribution in [-0.4, -0.2) is 51.8 Å². The molecule has 1 aliphatic carbocycles. The Bertz CT molecular complexity index is 902. The van der Waals surface area contributed by atoms with Crippen molar-refractivity contribution in [3.63, 3.8) is 0 Å². The molecule has 9 heteroatoms. The van der Waals surface area contributed by atoms with Crippen molar-refractivity contribution in [1.82, 2.24) is 14.9 Å². The monoisotopic (exact) mass is 427 g/mol. The van der Waals surface area contributed by atoms with Gasteiger partial charge in [-0.05, 0) is 25.3 Å². The van der Waals surface area contributed by atoms with Gasteiger partial charge in [-0.2, -0.15) is 0 Å². The lowest BCUT2D eigenvalue weighted by molar-refractivity contribution is -0.101. The van der Waals surface area contributed by atoms with Gasteiger partial charge in [0.15, 0.2) is 0 Å². The van der Waals surface area contributed by atoms with E-state index < -0.39 is 17.4 Å². The molecule has 2 aromatic heterocycles. The number of ether oxygens (including phenoxy) is 1. The van der Waals surface area contributed by atoms with E-state index in [2.05, 4.69) is 10.3 Å². The van der Waals surface area contributed by atoms with Gasteiger partial charge in [-0.3, -0.25) is 4.79 Å². The average Bonchev–Trinajstić information content (AvgIpc) is 3.32. The van der Waals surface area contributed by atoms with Gasteiger partial charge in [-0.1, -0.05) is 11.6 Å². The average molecular weight is 428 g/mol. The molecule has 1 aliphatic heterocycles. The predicted octanol–water partition coefficient (Wildman–Crippen LogP) is 3.40. The van der Waals surface area contributed by atoms with E-state index in [1.165, 1.54) is 0 Å². The molecule has 2 fully saturated rings. The maximum Gasteiger partial charge on any atom is 0.253 e. The number of halogens is 3. The predicted molar refractivity (Wildman–Crippen MR) is 104 cm³/mol. The molecule has 0 aromatic carbocycles. The van der Waals surface area contributed by atoms with Gasteiger partial charge < -0.3 is 19.7 Å². The van der Waals surface area contributed by atoms with Crippen LogP contribution in [0.3, 0.4) is 0 Å². The van der Waals surface area contributed by atoms with Crippen molar-refractivity contribution in [2.45, 2.75) is 50.2 Å². The van der Waals surface area contributed by atoms with Crippen molar-refractivity contribution in [3.05, 3.63) is 29.0 Å². The fourth-order valence-electron chi connectivity index (χ4n) is 4.09. The van der Waals surface area contributed by atoms with Crippen LogP contribution >= 0.6 is 11.6 Å². The second-order valence-electron chi connectivity index (χ2n) is 8.18. The molecule has 2 aromatic rings. The fraction of sp³-hybridized carbons (Fsp3) is 0.600. The van der Waals surface area contributed by atoms with Gasteiger partial charge in [0.05, 0.1) is 28.2 Å². The van der Waals surface area contributed by atoms with E-state index in [-0.39, 0.29) is 32.2 Å². The van der Waals surface area contributed by atoms with E-state index in [0.717, 1.165) is 13.0 Å². The number of carbonyl (C=O) groups excluding carboxylic acids is 1. The number of aromatic nitrogens is 2. The number of nitrogens with zero attached hydrogens (tertiary/aromatic N) is 2. The van der Waals surface area contributed by atoms with Crippen molar-refractivity contribution in [2.24, 2.45) is 5.92 Å². The lowest BCUT2D eigenvalue weighted by atomic mass is 9.82. The molecule has 158 valence electrons. The standard InChI is InChI=1S/C20H24ClF2N3O3/c21-15-1-7-24-17-16(15)14(10-26(17)9-13-2-8-29-11-13)18(27)25-12-19(28)3-5-20(22,23)6-4-19/h1,7,10,13,28H,2-6,8-9,11-12H2,(H,25,27)/t13-/m0/s1. The number of carbonyl (C=O) groups is 1. The molecule has 1 amide bonds. The second kappa shape index (κ2) is 7.81. The summed E-state index contributed by atoms with van der Waals surface area (Å²) in [6.07, 6.45) is 3.41. The van der Waals surface area contributed by atoms with E-state index in [0.29, 0.717) is 40.7 Å². The van der Waals surface area contributed by atoms with Crippen LogP contribution in [0, 0.1) is 5.92 Å². The molecule has 0 spiro atoms. The lowest BCUT2D eigenvalue weighted by Crippen LogP contribution is -2.47. The van der Waals surface area contributed by atoms with Crippen LogP contribution in [0.2, 0.25) is 5.02 Å². The molecule has 0 bridgehead atoms. The SMILES string of the molecule is O=C(NCC1(O)CCC(F)(F)CC1)c1cn(C[C@@H]2CCOC2)c2nccc(Cl)c12. The maximum atomic E-state index is 13.4. The van der Waals surface area contributed by atoms with Crippen molar-refractivity contribution in [1.29, 1.82) is 0 Å². The molecule has 1 saturated carbocycles. The molecule has 1 saturated heterocycles. The van der Waals surface area contributed by atoms with Crippen LogP contribution in [0.1, 0.15) is 42.5 Å². The molecule has 2 aliphatic rings.